The number of benzene rings is 7. The van der Waals surface area contributed by atoms with Crippen LogP contribution in [-0.4, -0.2) is 195 Å². The number of aryl methyl sites for hydroxylation is 4. The number of carbonyl (C=O) groups is 12. The molecule has 0 atom stereocenters. The predicted molar refractivity (Wildman–Crippen MR) is 552 cm³/mol. The number of carbonyl (C=O) groups excluding carboxylic acids is 12. The number of nitrogens with zero attached hydrogens (tertiary/aromatic N) is 8. The number of hydrogen-bond acceptors (Lipinski definition) is 16. The lowest BCUT2D eigenvalue weighted by Crippen LogP contribution is -2.41. The molecule has 6 fully saturated rings. The highest BCUT2D eigenvalue weighted by Gasteiger charge is 2.37. The topological polar surface area (TPSA) is 314 Å². The normalized spacial score (nSPS) is 15.5. The fraction of sp³-hybridized carbons (Fsp3) is 0.409. The van der Waals surface area contributed by atoms with Crippen LogP contribution in [0.3, 0.4) is 0 Å². The third-order valence-electron chi connectivity index (χ3n) is 26.6. The van der Waals surface area contributed by atoms with Crippen LogP contribution in [0.5, 0.6) is 5.75 Å². The van der Waals surface area contributed by atoms with Crippen molar-refractivity contribution >= 4 is 138 Å². The van der Waals surface area contributed by atoms with Crippen LogP contribution in [0.25, 0.3) is 5.69 Å². The first kappa shape index (κ1) is 111. The molecule has 6 aliphatic rings. The zero-order chi connectivity index (χ0) is 103. The van der Waals surface area contributed by atoms with Gasteiger partial charge in [0, 0.05) is 184 Å². The van der Waals surface area contributed by atoms with Crippen LogP contribution in [0.1, 0.15) is 194 Å². The maximum atomic E-state index is 13.0. The summed E-state index contributed by atoms with van der Waals surface area (Å²) in [5.41, 5.74) is 9.60. The largest absolute Gasteiger partial charge is 0.495 e. The zero-order valence-electron chi connectivity index (χ0n) is 82.1. The number of Topliss-reactive ketones (excluding diaryl/α,β-unsaturated/α-hetero) is 3. The Kier molecular flexibility index (Phi) is 42.1. The van der Waals surface area contributed by atoms with Crippen molar-refractivity contribution in [3.05, 3.63) is 281 Å². The molecule has 9 amide bonds. The Morgan fingerprint density at radius 2 is 0.846 bits per heavy atom. The van der Waals surface area contributed by atoms with E-state index in [0.29, 0.717) is 166 Å². The molecule has 0 saturated carbocycles. The minimum absolute atomic E-state index is 0.00903. The van der Waals surface area contributed by atoms with Gasteiger partial charge >= 0.3 is 6.18 Å². The Bertz CT molecular complexity index is 5820. The number of piperidine rings is 6. The number of ketones is 3. The highest BCUT2D eigenvalue weighted by molar-refractivity contribution is 14.1. The van der Waals surface area contributed by atoms with E-state index in [9.17, 15) is 75.1 Å². The molecule has 6 saturated heterocycles. The van der Waals surface area contributed by atoms with Crippen molar-refractivity contribution in [3.8, 4) is 11.4 Å². The SMILES string of the molecule is CCC(=O)N1CCC(C(=O)Cc2ccc(-n3nc(C)cc3C)cc2)CC1.CCc1ccc(OC)c(NC(=O)C2CCN(C(C)=O)CC2)c1.CCc1cccc(NC(=O)C2CCN(C(C)=O)CC2)c1.O=C(Cc1ccc(F)cc1)C1CCN(C(=O)c2ccco2)CC1.O=C(Cc1ccc(I)cc1)C1CCN(C(=O)c2ccco2)CC1.O=C(Nc1ccc(Cl)c(C(F)(F)F)c1)C1CCN(C(=O)c2ccc(Br)cc2)CC1. The highest BCUT2D eigenvalue weighted by atomic mass is 127. The van der Waals surface area contributed by atoms with Crippen molar-refractivity contribution in [2.45, 2.75) is 170 Å². The lowest BCUT2D eigenvalue weighted by Gasteiger charge is -2.31. The summed E-state index contributed by atoms with van der Waals surface area (Å²) in [6.07, 6.45) is 10.2. The summed E-state index contributed by atoms with van der Waals surface area (Å²) in [6.45, 7) is 20.5. The average molecular weight is 2160 g/mol. The zero-order valence-corrected chi connectivity index (χ0v) is 86.6. The van der Waals surface area contributed by atoms with E-state index in [1.54, 1.807) is 101 Å². The molecule has 3 aromatic heterocycles. The second-order valence-electron chi connectivity index (χ2n) is 36.5. The van der Waals surface area contributed by atoms with Gasteiger partial charge in [-0.1, -0.05) is 103 Å². The summed E-state index contributed by atoms with van der Waals surface area (Å²) >= 11 is 11.2. The fourth-order valence-corrected chi connectivity index (χ4v) is 18.8. The average Bonchev–Trinajstić information content (AvgIpc) is 1.61. The molecule has 9 heterocycles. The minimum atomic E-state index is -4.60. The van der Waals surface area contributed by atoms with Crippen LogP contribution in [-0.2, 0) is 81.4 Å². The van der Waals surface area contributed by atoms with Crippen molar-refractivity contribution < 1.29 is 88.7 Å². The Hall–Kier alpha value is -12.4. The van der Waals surface area contributed by atoms with Crippen molar-refractivity contribution in [1.82, 2.24) is 39.2 Å². The van der Waals surface area contributed by atoms with E-state index >= 15 is 0 Å². The Morgan fingerprint density at radius 3 is 1.25 bits per heavy atom. The van der Waals surface area contributed by atoms with Crippen LogP contribution in [0, 0.1) is 58.7 Å². The number of aromatic nitrogens is 2. The van der Waals surface area contributed by atoms with Crippen LogP contribution < -0.4 is 20.7 Å². The van der Waals surface area contributed by atoms with Crippen LogP contribution in [0.2, 0.25) is 5.02 Å². The van der Waals surface area contributed by atoms with Crippen molar-refractivity contribution in [1.29, 1.82) is 0 Å². The first-order valence-corrected chi connectivity index (χ1v) is 51.0. The maximum Gasteiger partial charge on any atom is 0.417 e. The maximum absolute atomic E-state index is 13.0. The van der Waals surface area contributed by atoms with Gasteiger partial charge in [-0.2, -0.15) is 18.3 Å². The summed E-state index contributed by atoms with van der Waals surface area (Å²) in [4.78, 5) is 156. The summed E-state index contributed by atoms with van der Waals surface area (Å²) in [5.74, 6) is 1.22. The van der Waals surface area contributed by atoms with E-state index in [0.717, 1.165) is 119 Å². The molecule has 7 aromatic carbocycles. The number of rotatable bonds is 23. The standard InChI is InChI=1S/C21H27N3O2.C20H17BrClF3N2O2.C18H18FNO3.C18H18INO3.C17H24N2O3.C16H22N2O2/c1-4-21(26)23-11-9-18(10-12-23)20(25)14-17-5-7-19(8-6-17)24-16(3)13-15(2)22-24;21-14-3-1-13(2-4-14)19(29)27-9-7-12(8-10-27)18(28)26-15-5-6-17(22)16(11-15)20(23,24)25;2*19-15-5-3-13(4-6-15)12-16(21)14-7-9-20(10-8-14)18(22)17-2-1-11-23-17;1-4-13-5-6-16(22-3)15(11-13)18-17(21)14-7-9-19(10-8-14)12(2)20;1-3-13-5-4-6-15(11-13)17-16(20)14-7-9-18(10-8-14)12(2)19/h5-8,13,18H,4,9-12,14H2,1-3H3;1-6,11-12H,7-10H2,(H,26,28);2*1-6,11,14H,7-10,12H2;5-6,11,14H,4,7-10H2,1-3H3,(H,18,21);4-6,11,14H,3,7-10H2,1-2H3,(H,17,20). The molecule has 6 aliphatic heterocycles. The second-order valence-corrected chi connectivity index (χ2v) is 39.1. The third kappa shape index (κ3) is 33.3. The second kappa shape index (κ2) is 54.3. The van der Waals surface area contributed by atoms with Crippen LogP contribution >= 0.6 is 50.1 Å². The summed E-state index contributed by atoms with van der Waals surface area (Å²) in [5, 5.41) is 12.6. The van der Waals surface area contributed by atoms with Gasteiger partial charge in [-0.15, -0.1) is 0 Å². The number of likely N-dealkylation sites (tertiary alicyclic amines) is 6. The predicted octanol–water partition coefficient (Wildman–Crippen LogP) is 20.4. The molecule has 0 spiro atoms. The molecule has 0 bridgehead atoms. The van der Waals surface area contributed by atoms with Gasteiger partial charge in [0.15, 0.2) is 11.5 Å². The fourth-order valence-electron chi connectivity index (χ4n) is 18.0. The van der Waals surface area contributed by atoms with E-state index in [4.69, 9.17) is 25.2 Å². The number of halogens is 7. The van der Waals surface area contributed by atoms with E-state index in [1.165, 1.54) is 39.9 Å². The van der Waals surface area contributed by atoms with Crippen molar-refractivity contribution in [3.63, 3.8) is 0 Å². The molecule has 3 N–H and O–H groups in total. The number of methoxy groups -OCH3 is 1. The van der Waals surface area contributed by atoms with Gasteiger partial charge in [0.25, 0.3) is 17.7 Å². The first-order chi connectivity index (χ1) is 68.5. The van der Waals surface area contributed by atoms with Gasteiger partial charge in [0.1, 0.15) is 28.9 Å². The highest BCUT2D eigenvalue weighted by Crippen LogP contribution is 2.38. The molecule has 10 aromatic rings. The molecule has 0 aliphatic carbocycles. The lowest BCUT2D eigenvalue weighted by atomic mass is 9.89. The summed E-state index contributed by atoms with van der Waals surface area (Å²) < 4.78 is 71.3. The number of anilines is 3. The van der Waals surface area contributed by atoms with Crippen molar-refractivity contribution in [2.24, 2.45) is 35.5 Å². The van der Waals surface area contributed by atoms with Crippen LogP contribution in [0.15, 0.2) is 214 Å². The van der Waals surface area contributed by atoms with E-state index in [-0.39, 0.29) is 118 Å². The molecule has 0 unspecified atom stereocenters. The molecule has 33 heteroatoms. The van der Waals surface area contributed by atoms with E-state index in [2.05, 4.69) is 79.5 Å². The third-order valence-corrected chi connectivity index (χ3v) is 28.2. The van der Waals surface area contributed by atoms with Gasteiger partial charge in [-0.05, 0) is 288 Å². The molecule has 26 nitrogen and oxygen atoms in total. The number of amides is 9. The molecular formula is C110H126BrClF4IN11O15. The molecule has 760 valence electrons. The molecule has 143 heavy (non-hydrogen) atoms. The van der Waals surface area contributed by atoms with Gasteiger partial charge in [-0.3, -0.25) is 57.5 Å². The van der Waals surface area contributed by atoms with Gasteiger partial charge in [0.2, 0.25) is 35.4 Å². The number of ether oxygens (including phenoxy) is 1. The molecule has 16 rings (SSSR count). The molecule has 0 radical (unpaired) electrons. The molecular weight excluding hydrogens is 2030 g/mol. The monoisotopic (exact) mass is 2160 g/mol. The van der Waals surface area contributed by atoms with Gasteiger partial charge < -0.3 is 58.9 Å². The van der Waals surface area contributed by atoms with Gasteiger partial charge in [0.05, 0.1) is 47.3 Å². The minimum Gasteiger partial charge on any atom is -0.495 e. The number of nitrogens with one attached hydrogen (secondary N) is 3. The van der Waals surface area contributed by atoms with Gasteiger partial charge in [-0.25, -0.2) is 9.07 Å². The summed E-state index contributed by atoms with van der Waals surface area (Å²) in [7, 11) is 1.60. The Balaban J connectivity index is 0.000000164. The van der Waals surface area contributed by atoms with E-state index < -0.39 is 16.8 Å². The van der Waals surface area contributed by atoms with Crippen LogP contribution in [0.4, 0.5) is 34.6 Å². The first-order valence-electron chi connectivity index (χ1n) is 48.8. The smallest absolute Gasteiger partial charge is 0.417 e. The summed E-state index contributed by atoms with van der Waals surface area (Å²) in [6, 6.07) is 55.0. The Morgan fingerprint density at radius 1 is 0.448 bits per heavy atom. The lowest BCUT2D eigenvalue weighted by molar-refractivity contribution is -0.137. The number of furan rings is 2. The number of hydrogen-bond donors (Lipinski definition) is 3. The number of alkyl halides is 3. The quantitative estimate of drug-likeness (QED) is 0.0396. The van der Waals surface area contributed by atoms with E-state index in [1.807, 2.05) is 126 Å². The van der Waals surface area contributed by atoms with Crippen molar-refractivity contribution in [2.75, 3.05) is 102 Å². The Labute approximate surface area is 859 Å².